The van der Waals surface area contributed by atoms with Crippen molar-refractivity contribution in [2.24, 2.45) is 0 Å². The molecule has 2 aromatic heterocycles. The van der Waals surface area contributed by atoms with Crippen LogP contribution in [0.15, 0.2) is 179 Å². The lowest BCUT2D eigenvalue weighted by Crippen LogP contribution is -2.01. The van der Waals surface area contributed by atoms with Crippen LogP contribution in [0.2, 0.25) is 0 Å². The summed E-state index contributed by atoms with van der Waals surface area (Å²) in [7, 11) is 0. The number of hydrogen-bond acceptors (Lipinski definition) is 8. The second-order valence-corrected chi connectivity index (χ2v) is 16.8. The molecule has 0 N–H and O–H groups in total. The van der Waals surface area contributed by atoms with E-state index in [-0.39, 0.29) is 0 Å². The number of aromatic nitrogens is 8. The third kappa shape index (κ3) is 8.12. The number of imidazole rings is 2. The van der Waals surface area contributed by atoms with Gasteiger partial charge in [-0.2, -0.15) is 0 Å². The van der Waals surface area contributed by atoms with Crippen LogP contribution in [0.5, 0.6) is 0 Å². The first kappa shape index (κ1) is 40.3. The Morgan fingerprint density at radius 2 is 0.909 bits per heavy atom. The normalized spacial score (nSPS) is 11.5. The van der Waals surface area contributed by atoms with E-state index < -0.39 is 0 Å². The van der Waals surface area contributed by atoms with Gasteiger partial charge in [-0.25, -0.2) is 24.9 Å². The topological polar surface area (TPSA) is 113 Å². The van der Waals surface area contributed by atoms with Gasteiger partial charge in [0.05, 0.1) is 24.5 Å². The lowest BCUT2D eigenvalue weighted by molar-refractivity contribution is 0.443. The fourth-order valence-corrected chi connectivity index (χ4v) is 8.19. The molecule has 0 atom stereocenters. The molecule has 0 spiro atoms. The molecule has 4 aliphatic rings. The number of para-hydroxylation sites is 3. The summed E-state index contributed by atoms with van der Waals surface area (Å²) in [4.78, 5) is 23.6. The molecule has 6 aromatic carbocycles. The Morgan fingerprint density at radius 3 is 1.47 bits per heavy atom. The molecule has 0 aliphatic carbocycles. The molecule has 0 amide bonds. The molecule has 0 radical (unpaired) electrons. The maximum atomic E-state index is 5.85. The number of nitrogens with zero attached hydrogens (tertiary/aromatic N) is 8. The fourth-order valence-electron chi connectivity index (χ4n) is 8.19. The molecule has 12 rings (SSSR count). The van der Waals surface area contributed by atoms with E-state index in [1.165, 1.54) is 44.5 Å². The summed E-state index contributed by atoms with van der Waals surface area (Å²) in [5.41, 5.74) is 18.9. The van der Waals surface area contributed by atoms with E-state index in [2.05, 4.69) is 127 Å². The molecule has 0 saturated heterocycles. The molecular weight excluding hydrogens is 817 g/mol. The van der Waals surface area contributed by atoms with Gasteiger partial charge in [0.1, 0.15) is 22.6 Å². The van der Waals surface area contributed by atoms with Crippen LogP contribution in [-0.4, -0.2) is 39.2 Å². The summed E-state index contributed by atoms with van der Waals surface area (Å²) in [6, 6.07) is 49.7. The van der Waals surface area contributed by atoms with Gasteiger partial charge in [0.15, 0.2) is 22.8 Å². The van der Waals surface area contributed by atoms with E-state index in [0.717, 1.165) is 73.3 Å². The molecule has 6 heterocycles. The zero-order chi connectivity index (χ0) is 44.7. The van der Waals surface area contributed by atoms with Crippen molar-refractivity contribution in [1.29, 1.82) is 0 Å². The molecule has 0 unspecified atom stereocenters. The van der Waals surface area contributed by atoms with E-state index in [9.17, 15) is 0 Å². The summed E-state index contributed by atoms with van der Waals surface area (Å²) in [5, 5.41) is 5.27. The summed E-state index contributed by atoms with van der Waals surface area (Å²) in [6.07, 6.45) is 7.99. The zero-order valence-electron chi connectivity index (χ0n) is 37.0. The molecule has 66 heavy (non-hydrogen) atoms. The standard InChI is InChI=1S/2C28H22N4O/c1-18-7-8-22(15-19(18)2)20-9-11-21(12-10-20)28-30-23-13-14-32(16-25(23)31-28)17-27-29-24-5-3-4-6-26(24)33-27;1-18-7-8-22(15-19(18)2)20-9-11-21(12-10-20)28-29-24-13-14-32(17-26(24)30-28)16-25-23-5-3-4-6-27(23)33-31-25/h3-16H,17H2,1-2H3;3-15,17H,16H2,1-2H3. The van der Waals surface area contributed by atoms with Gasteiger partial charge in [0.25, 0.3) is 0 Å². The van der Waals surface area contributed by atoms with Gasteiger partial charge >= 0.3 is 0 Å². The summed E-state index contributed by atoms with van der Waals surface area (Å²) in [6.45, 7) is 9.71. The van der Waals surface area contributed by atoms with Crippen LogP contribution in [0.3, 0.4) is 0 Å². The predicted molar refractivity (Wildman–Crippen MR) is 260 cm³/mol. The van der Waals surface area contributed by atoms with Crippen LogP contribution in [-0.2, 0) is 13.1 Å². The number of benzene rings is 6. The second kappa shape index (κ2) is 16.9. The average molecular weight is 861 g/mol. The highest BCUT2D eigenvalue weighted by Crippen LogP contribution is 2.31. The Kier molecular flexibility index (Phi) is 10.3. The number of rotatable bonds is 8. The maximum Gasteiger partial charge on any atom is 0.215 e. The Labute approximate surface area is 381 Å². The van der Waals surface area contributed by atoms with Crippen molar-refractivity contribution < 1.29 is 8.94 Å². The summed E-state index contributed by atoms with van der Waals surface area (Å²) < 4.78 is 15.4. The SMILES string of the molecule is Cc1ccc(-c2ccc(-c3nc4ccn(Cc5nc6ccccc6o5)cc-4n3)cc2)cc1C.Cc1ccc(-c2ccc(-c3nc4ccn(Cc5noc6ccccc56)cc-4n3)cc2)cc1C. The number of oxazole rings is 1. The van der Waals surface area contributed by atoms with Crippen LogP contribution >= 0.6 is 0 Å². The van der Waals surface area contributed by atoms with Crippen molar-refractivity contribution in [3.8, 4) is 67.8 Å². The van der Waals surface area contributed by atoms with Crippen molar-refractivity contribution in [1.82, 2.24) is 39.2 Å². The minimum Gasteiger partial charge on any atom is -0.439 e. The van der Waals surface area contributed by atoms with Gasteiger partial charge < -0.3 is 18.1 Å². The fraction of sp³-hybridized carbons (Fsp3) is 0.107. The highest BCUT2D eigenvalue weighted by Gasteiger charge is 2.16. The number of aryl methyl sites for hydroxylation is 4. The predicted octanol–water partition coefficient (Wildman–Crippen LogP) is 13.0. The molecule has 320 valence electrons. The van der Waals surface area contributed by atoms with Crippen molar-refractivity contribution in [2.45, 2.75) is 40.8 Å². The minimum absolute atomic E-state index is 0.539. The Morgan fingerprint density at radius 1 is 0.424 bits per heavy atom. The van der Waals surface area contributed by atoms with Gasteiger partial charge in [0.2, 0.25) is 5.89 Å². The molecule has 10 heteroatoms. The molecule has 10 nitrogen and oxygen atoms in total. The minimum atomic E-state index is 0.539. The highest BCUT2D eigenvalue weighted by molar-refractivity contribution is 5.79. The van der Waals surface area contributed by atoms with Crippen LogP contribution in [0, 0.1) is 27.7 Å². The largest absolute Gasteiger partial charge is 0.439 e. The first-order valence-corrected chi connectivity index (χ1v) is 22.0. The maximum absolute atomic E-state index is 5.85. The number of fused-ring (bicyclic) bond motifs is 4. The van der Waals surface area contributed by atoms with Crippen molar-refractivity contribution in [3.05, 3.63) is 204 Å². The van der Waals surface area contributed by atoms with Crippen molar-refractivity contribution in [2.75, 3.05) is 0 Å². The first-order chi connectivity index (χ1) is 32.3. The van der Waals surface area contributed by atoms with Gasteiger partial charge in [-0.15, -0.1) is 0 Å². The second-order valence-electron chi connectivity index (χ2n) is 16.8. The Bertz CT molecular complexity index is 3550. The lowest BCUT2D eigenvalue weighted by atomic mass is 9.99. The lowest BCUT2D eigenvalue weighted by Gasteiger charge is -2.06. The molecule has 8 aromatic rings. The van der Waals surface area contributed by atoms with Crippen LogP contribution in [0.1, 0.15) is 33.8 Å². The van der Waals surface area contributed by atoms with Crippen LogP contribution in [0.25, 0.3) is 89.9 Å². The quantitative estimate of drug-likeness (QED) is 0.148. The molecule has 0 fully saturated rings. The Balaban J connectivity index is 0.000000146. The molecule has 4 aliphatic heterocycles. The van der Waals surface area contributed by atoms with E-state index >= 15 is 0 Å². The van der Waals surface area contributed by atoms with Gasteiger partial charge in [-0.3, -0.25) is 0 Å². The van der Waals surface area contributed by atoms with E-state index in [1.54, 1.807) is 0 Å². The van der Waals surface area contributed by atoms with Gasteiger partial charge in [0, 0.05) is 41.3 Å². The molecule has 0 bridgehead atoms. The first-order valence-electron chi connectivity index (χ1n) is 22.0. The van der Waals surface area contributed by atoms with E-state index in [4.69, 9.17) is 28.9 Å². The molecular formula is C56H44N8O2. The van der Waals surface area contributed by atoms with Crippen LogP contribution in [0.4, 0.5) is 0 Å². The summed E-state index contributed by atoms with van der Waals surface area (Å²) in [5.74, 6) is 2.14. The van der Waals surface area contributed by atoms with Crippen molar-refractivity contribution in [3.63, 3.8) is 0 Å². The third-order valence-electron chi connectivity index (χ3n) is 12.3. The highest BCUT2D eigenvalue weighted by atomic mass is 16.5. The summed E-state index contributed by atoms with van der Waals surface area (Å²) >= 11 is 0. The number of pyridine rings is 2. The van der Waals surface area contributed by atoms with Gasteiger partial charge in [-0.1, -0.05) is 114 Å². The van der Waals surface area contributed by atoms with Gasteiger partial charge in [-0.05, 0) is 109 Å². The Hall–Kier alpha value is -8.50. The van der Waals surface area contributed by atoms with E-state index in [0.29, 0.717) is 19.0 Å². The molecule has 0 saturated carbocycles. The monoisotopic (exact) mass is 860 g/mol. The van der Waals surface area contributed by atoms with Crippen LogP contribution < -0.4 is 0 Å². The smallest absolute Gasteiger partial charge is 0.215 e. The average Bonchev–Trinajstić information content (AvgIpc) is 4.16. The zero-order valence-corrected chi connectivity index (χ0v) is 37.0. The van der Waals surface area contributed by atoms with Crippen molar-refractivity contribution >= 4 is 22.1 Å². The third-order valence-corrected chi connectivity index (χ3v) is 12.3. The number of hydrogen-bond donors (Lipinski definition) is 0. The van der Waals surface area contributed by atoms with E-state index in [1.807, 2.05) is 90.0 Å².